The van der Waals surface area contributed by atoms with Gasteiger partial charge >= 0.3 is 5.97 Å². The highest BCUT2D eigenvalue weighted by molar-refractivity contribution is 5.75. The highest BCUT2D eigenvalue weighted by atomic mass is 16.5. The van der Waals surface area contributed by atoms with Crippen LogP contribution in [0.4, 0.5) is 0 Å². The van der Waals surface area contributed by atoms with Crippen molar-refractivity contribution < 1.29 is 14.6 Å². The first-order valence-electron chi connectivity index (χ1n) is 6.20. The molecule has 2 N–H and O–H groups in total. The summed E-state index contributed by atoms with van der Waals surface area (Å²) in [5.41, 5.74) is 0. The first-order chi connectivity index (χ1) is 7.69. The summed E-state index contributed by atoms with van der Waals surface area (Å²) in [7, 11) is 0. The molecule has 0 rings (SSSR count). The molecule has 2 unspecified atom stereocenters. The molecule has 0 aliphatic heterocycles. The van der Waals surface area contributed by atoms with Crippen LogP contribution in [0.25, 0.3) is 0 Å². The summed E-state index contributed by atoms with van der Waals surface area (Å²) in [6.45, 7) is 7.25. The Morgan fingerprint density at radius 2 is 2.00 bits per heavy atom. The van der Waals surface area contributed by atoms with Crippen molar-refractivity contribution in [3.8, 4) is 0 Å². The molecule has 0 radical (unpaired) electrons. The summed E-state index contributed by atoms with van der Waals surface area (Å²) in [6.07, 6.45) is 2.52. The van der Waals surface area contributed by atoms with E-state index in [4.69, 9.17) is 9.84 Å². The molecule has 0 saturated carbocycles. The molecule has 96 valence electrons. The second-order valence-electron chi connectivity index (χ2n) is 3.91. The number of rotatable bonds is 9. The standard InChI is InChI=1S/C12H25NO3/c1-4-10(7-8-14)9-13-11(5-2)12(15)16-6-3/h10-11,13-14H,4-9H2,1-3H3. The van der Waals surface area contributed by atoms with Crippen molar-refractivity contribution in [2.24, 2.45) is 5.92 Å². The van der Waals surface area contributed by atoms with E-state index in [0.717, 1.165) is 25.8 Å². The maximum Gasteiger partial charge on any atom is 0.323 e. The number of hydrogen-bond acceptors (Lipinski definition) is 4. The van der Waals surface area contributed by atoms with Gasteiger partial charge in [0.25, 0.3) is 0 Å². The van der Waals surface area contributed by atoms with Crippen molar-refractivity contribution in [2.45, 2.75) is 46.1 Å². The lowest BCUT2D eigenvalue weighted by atomic mass is 10.0. The number of nitrogens with one attached hydrogen (secondary N) is 1. The average molecular weight is 231 g/mol. The maximum atomic E-state index is 11.5. The van der Waals surface area contributed by atoms with Crippen LogP contribution in [0.2, 0.25) is 0 Å². The van der Waals surface area contributed by atoms with E-state index in [-0.39, 0.29) is 18.6 Å². The van der Waals surface area contributed by atoms with Gasteiger partial charge < -0.3 is 15.2 Å². The van der Waals surface area contributed by atoms with Crippen molar-refractivity contribution in [1.29, 1.82) is 0 Å². The summed E-state index contributed by atoms with van der Waals surface area (Å²) in [5, 5.41) is 12.1. The number of carbonyl (C=O) groups is 1. The molecule has 0 saturated heterocycles. The minimum Gasteiger partial charge on any atom is -0.465 e. The lowest BCUT2D eigenvalue weighted by molar-refractivity contribution is -0.145. The van der Waals surface area contributed by atoms with Crippen LogP contribution in [-0.4, -0.2) is 36.9 Å². The number of esters is 1. The predicted molar refractivity (Wildman–Crippen MR) is 64.2 cm³/mol. The maximum absolute atomic E-state index is 11.5. The fourth-order valence-corrected chi connectivity index (χ4v) is 1.58. The highest BCUT2D eigenvalue weighted by Gasteiger charge is 2.18. The van der Waals surface area contributed by atoms with Crippen molar-refractivity contribution in [1.82, 2.24) is 5.32 Å². The van der Waals surface area contributed by atoms with Crippen LogP contribution < -0.4 is 5.32 Å². The van der Waals surface area contributed by atoms with Crippen LogP contribution in [0.1, 0.15) is 40.0 Å². The molecule has 0 fully saturated rings. The number of ether oxygens (including phenoxy) is 1. The smallest absolute Gasteiger partial charge is 0.323 e. The summed E-state index contributed by atoms with van der Waals surface area (Å²) >= 11 is 0. The van der Waals surface area contributed by atoms with Crippen molar-refractivity contribution in [3.63, 3.8) is 0 Å². The van der Waals surface area contributed by atoms with Gasteiger partial charge in [0, 0.05) is 6.61 Å². The number of aliphatic hydroxyl groups excluding tert-OH is 1. The third-order valence-electron chi connectivity index (χ3n) is 2.75. The lowest BCUT2D eigenvalue weighted by Crippen LogP contribution is -2.40. The molecule has 0 aromatic rings. The summed E-state index contributed by atoms with van der Waals surface area (Å²) in [4.78, 5) is 11.5. The molecular formula is C12H25NO3. The van der Waals surface area contributed by atoms with Gasteiger partial charge in [0.1, 0.15) is 6.04 Å². The summed E-state index contributed by atoms with van der Waals surface area (Å²) in [6, 6.07) is -0.215. The van der Waals surface area contributed by atoms with Crippen LogP contribution in [0.5, 0.6) is 0 Å². The Hall–Kier alpha value is -0.610. The largest absolute Gasteiger partial charge is 0.465 e. The molecule has 0 aliphatic rings. The lowest BCUT2D eigenvalue weighted by Gasteiger charge is -2.19. The van der Waals surface area contributed by atoms with E-state index in [9.17, 15) is 4.79 Å². The van der Waals surface area contributed by atoms with Gasteiger partial charge in [-0.15, -0.1) is 0 Å². The average Bonchev–Trinajstić information content (AvgIpc) is 2.28. The van der Waals surface area contributed by atoms with Crippen LogP contribution in [0, 0.1) is 5.92 Å². The SMILES string of the molecule is CCOC(=O)C(CC)NCC(CC)CCO. The third-order valence-corrected chi connectivity index (χ3v) is 2.75. The highest BCUT2D eigenvalue weighted by Crippen LogP contribution is 2.07. The molecule has 0 bridgehead atoms. The molecule has 0 aromatic heterocycles. The molecule has 16 heavy (non-hydrogen) atoms. The van der Waals surface area contributed by atoms with Gasteiger partial charge in [-0.05, 0) is 32.2 Å². The second kappa shape index (κ2) is 9.60. The normalized spacial score (nSPS) is 14.5. The molecule has 0 aliphatic carbocycles. The fourth-order valence-electron chi connectivity index (χ4n) is 1.58. The Balaban J connectivity index is 3.97. The second-order valence-corrected chi connectivity index (χ2v) is 3.91. The Morgan fingerprint density at radius 3 is 2.44 bits per heavy atom. The molecular weight excluding hydrogens is 206 g/mol. The Kier molecular flexibility index (Phi) is 9.24. The van der Waals surface area contributed by atoms with Crippen molar-refractivity contribution in [3.05, 3.63) is 0 Å². The third kappa shape index (κ3) is 6.08. The topological polar surface area (TPSA) is 58.6 Å². The van der Waals surface area contributed by atoms with Crippen LogP contribution in [-0.2, 0) is 9.53 Å². The Labute approximate surface area is 98.4 Å². The minimum atomic E-state index is -0.215. The predicted octanol–water partition coefficient (Wildman–Crippen LogP) is 1.33. The number of hydrogen-bond donors (Lipinski definition) is 2. The molecule has 4 heteroatoms. The molecule has 0 heterocycles. The van der Waals surface area contributed by atoms with E-state index in [2.05, 4.69) is 12.2 Å². The van der Waals surface area contributed by atoms with Gasteiger partial charge in [0.15, 0.2) is 0 Å². The number of carbonyl (C=O) groups excluding carboxylic acids is 1. The first-order valence-corrected chi connectivity index (χ1v) is 6.20. The first kappa shape index (κ1) is 15.4. The Morgan fingerprint density at radius 1 is 1.31 bits per heavy atom. The van der Waals surface area contributed by atoms with Gasteiger partial charge in [0.2, 0.25) is 0 Å². The van der Waals surface area contributed by atoms with Crippen molar-refractivity contribution in [2.75, 3.05) is 19.8 Å². The monoisotopic (exact) mass is 231 g/mol. The van der Waals surface area contributed by atoms with Crippen LogP contribution >= 0.6 is 0 Å². The Bertz CT molecular complexity index is 185. The van der Waals surface area contributed by atoms with Crippen LogP contribution in [0.3, 0.4) is 0 Å². The van der Waals surface area contributed by atoms with E-state index in [1.54, 1.807) is 0 Å². The van der Waals surface area contributed by atoms with Gasteiger partial charge in [-0.3, -0.25) is 4.79 Å². The van der Waals surface area contributed by atoms with Crippen molar-refractivity contribution >= 4 is 5.97 Å². The van der Waals surface area contributed by atoms with E-state index in [1.807, 2.05) is 13.8 Å². The minimum absolute atomic E-state index is 0.177. The van der Waals surface area contributed by atoms with Gasteiger partial charge in [-0.1, -0.05) is 20.3 Å². The van der Waals surface area contributed by atoms with Gasteiger partial charge in [0.05, 0.1) is 6.61 Å². The molecule has 0 spiro atoms. The quantitative estimate of drug-likeness (QED) is 0.588. The summed E-state index contributed by atoms with van der Waals surface area (Å²) < 4.78 is 4.97. The molecule has 4 nitrogen and oxygen atoms in total. The zero-order chi connectivity index (χ0) is 12.4. The fraction of sp³-hybridized carbons (Fsp3) is 0.917. The van der Waals surface area contributed by atoms with Gasteiger partial charge in [-0.2, -0.15) is 0 Å². The summed E-state index contributed by atoms with van der Waals surface area (Å²) in [5.74, 6) is 0.248. The van der Waals surface area contributed by atoms with E-state index in [0.29, 0.717) is 12.5 Å². The van der Waals surface area contributed by atoms with Crippen LogP contribution in [0.15, 0.2) is 0 Å². The van der Waals surface area contributed by atoms with E-state index >= 15 is 0 Å². The van der Waals surface area contributed by atoms with E-state index in [1.165, 1.54) is 0 Å². The zero-order valence-corrected chi connectivity index (χ0v) is 10.7. The zero-order valence-electron chi connectivity index (χ0n) is 10.7. The molecule has 0 amide bonds. The molecule has 2 atom stereocenters. The van der Waals surface area contributed by atoms with E-state index < -0.39 is 0 Å². The number of aliphatic hydroxyl groups is 1. The molecule has 0 aromatic carbocycles. The van der Waals surface area contributed by atoms with Gasteiger partial charge in [-0.25, -0.2) is 0 Å².